The fourth-order valence-corrected chi connectivity index (χ4v) is 1.87. The molecular weight excluding hydrogens is 200 g/mol. The van der Waals surface area contributed by atoms with Crippen LogP contribution in [0, 0.1) is 13.8 Å². The lowest BCUT2D eigenvalue weighted by atomic mass is 10.2. The molecule has 0 saturated heterocycles. The van der Waals surface area contributed by atoms with Crippen molar-refractivity contribution in [3.63, 3.8) is 0 Å². The zero-order chi connectivity index (χ0) is 11.5. The summed E-state index contributed by atoms with van der Waals surface area (Å²) in [7, 11) is 0. The fraction of sp³-hybridized carbons (Fsp3) is 0.385. The molecule has 0 aliphatic heterocycles. The molecule has 0 spiro atoms. The van der Waals surface area contributed by atoms with E-state index < -0.39 is 0 Å². The molecule has 0 amide bonds. The number of aromatic nitrogens is 1. The minimum Gasteiger partial charge on any atom is -0.469 e. The van der Waals surface area contributed by atoms with E-state index in [1.54, 1.807) is 6.26 Å². The molecule has 1 unspecified atom stereocenters. The highest BCUT2D eigenvalue weighted by molar-refractivity contribution is 5.16. The summed E-state index contributed by atoms with van der Waals surface area (Å²) < 4.78 is 7.45. The maximum atomic E-state index is 5.33. The molecule has 3 nitrogen and oxygen atoms in total. The second-order valence-electron chi connectivity index (χ2n) is 4.27. The van der Waals surface area contributed by atoms with E-state index in [4.69, 9.17) is 4.42 Å². The Morgan fingerprint density at radius 2 is 1.94 bits per heavy atom. The fourth-order valence-electron chi connectivity index (χ4n) is 1.87. The molecule has 0 radical (unpaired) electrons. The maximum Gasteiger partial charge on any atom is 0.105 e. The molecule has 86 valence electrons. The lowest BCUT2D eigenvalue weighted by molar-refractivity contribution is 0.489. The molecule has 1 N–H and O–H groups in total. The largest absolute Gasteiger partial charge is 0.469 e. The molecule has 16 heavy (non-hydrogen) atoms. The van der Waals surface area contributed by atoms with E-state index in [0.717, 1.165) is 12.2 Å². The predicted molar refractivity (Wildman–Crippen MR) is 65.1 cm³/mol. The van der Waals surface area contributed by atoms with Crippen LogP contribution in [0.15, 0.2) is 34.9 Å². The molecule has 0 fully saturated rings. The van der Waals surface area contributed by atoms with Crippen molar-refractivity contribution in [3.8, 4) is 0 Å². The lowest BCUT2D eigenvalue weighted by Gasteiger charge is -2.18. The summed E-state index contributed by atoms with van der Waals surface area (Å²) in [6.45, 7) is 6.35. The Morgan fingerprint density at radius 3 is 2.50 bits per heavy atom. The summed E-state index contributed by atoms with van der Waals surface area (Å²) in [6, 6.07) is 8.50. The van der Waals surface area contributed by atoms with Gasteiger partial charge in [-0.3, -0.25) is 4.68 Å². The number of hydrogen-bond donors (Lipinski definition) is 1. The van der Waals surface area contributed by atoms with Gasteiger partial charge in [-0.15, -0.1) is 0 Å². The van der Waals surface area contributed by atoms with Crippen LogP contribution < -0.4 is 5.43 Å². The number of nitrogens with zero attached hydrogens (tertiary/aromatic N) is 1. The van der Waals surface area contributed by atoms with Crippen LogP contribution in [0.3, 0.4) is 0 Å². The minimum absolute atomic E-state index is 0.343. The molecular formula is C13H18N2O. The van der Waals surface area contributed by atoms with E-state index in [0.29, 0.717) is 6.04 Å². The van der Waals surface area contributed by atoms with E-state index in [1.165, 1.54) is 11.4 Å². The van der Waals surface area contributed by atoms with Gasteiger partial charge in [0.2, 0.25) is 0 Å². The Kier molecular flexibility index (Phi) is 3.04. The van der Waals surface area contributed by atoms with E-state index in [2.05, 4.69) is 43.0 Å². The van der Waals surface area contributed by atoms with Gasteiger partial charge in [0.15, 0.2) is 0 Å². The third-order valence-electron chi connectivity index (χ3n) is 2.71. The summed E-state index contributed by atoms with van der Waals surface area (Å²) in [5, 5.41) is 0. The number of furan rings is 1. The van der Waals surface area contributed by atoms with Crippen molar-refractivity contribution in [1.82, 2.24) is 4.68 Å². The molecule has 2 heterocycles. The predicted octanol–water partition coefficient (Wildman–Crippen LogP) is 2.87. The number of rotatable bonds is 4. The van der Waals surface area contributed by atoms with E-state index in [1.807, 2.05) is 12.1 Å². The molecule has 0 bridgehead atoms. The summed E-state index contributed by atoms with van der Waals surface area (Å²) >= 11 is 0. The first-order valence-corrected chi connectivity index (χ1v) is 5.60. The van der Waals surface area contributed by atoms with Crippen molar-refractivity contribution < 1.29 is 4.42 Å². The van der Waals surface area contributed by atoms with E-state index in [-0.39, 0.29) is 0 Å². The first-order chi connectivity index (χ1) is 7.66. The van der Waals surface area contributed by atoms with Gasteiger partial charge < -0.3 is 9.84 Å². The van der Waals surface area contributed by atoms with Gasteiger partial charge in [-0.2, -0.15) is 0 Å². The zero-order valence-electron chi connectivity index (χ0n) is 10.0. The van der Waals surface area contributed by atoms with Crippen molar-refractivity contribution >= 4 is 0 Å². The quantitative estimate of drug-likeness (QED) is 0.855. The van der Waals surface area contributed by atoms with Crippen molar-refractivity contribution in [2.45, 2.75) is 33.2 Å². The highest BCUT2D eigenvalue weighted by Gasteiger charge is 2.07. The van der Waals surface area contributed by atoms with Crippen molar-refractivity contribution in [2.75, 3.05) is 5.43 Å². The first-order valence-electron chi connectivity index (χ1n) is 5.60. The molecule has 2 aromatic heterocycles. The molecule has 0 aromatic carbocycles. The van der Waals surface area contributed by atoms with Gasteiger partial charge in [0.25, 0.3) is 0 Å². The Morgan fingerprint density at radius 1 is 1.25 bits per heavy atom. The Hall–Kier alpha value is -1.64. The van der Waals surface area contributed by atoms with Crippen LogP contribution in [0.2, 0.25) is 0 Å². The van der Waals surface area contributed by atoms with E-state index >= 15 is 0 Å². The monoisotopic (exact) mass is 218 g/mol. The van der Waals surface area contributed by atoms with Crippen LogP contribution in [-0.4, -0.2) is 10.7 Å². The average molecular weight is 218 g/mol. The molecule has 0 saturated carbocycles. The van der Waals surface area contributed by atoms with Gasteiger partial charge in [0.05, 0.1) is 6.26 Å². The molecule has 0 aliphatic carbocycles. The number of hydrogen-bond acceptors (Lipinski definition) is 2. The molecule has 2 aromatic rings. The van der Waals surface area contributed by atoms with Crippen LogP contribution in [0.4, 0.5) is 0 Å². The lowest BCUT2D eigenvalue weighted by Crippen LogP contribution is -2.28. The SMILES string of the molecule is Cc1ccc(C)n1NC(C)Cc1ccco1. The zero-order valence-corrected chi connectivity index (χ0v) is 10.0. The van der Waals surface area contributed by atoms with E-state index in [9.17, 15) is 0 Å². The second-order valence-corrected chi connectivity index (χ2v) is 4.27. The summed E-state index contributed by atoms with van der Waals surface area (Å²) in [5.41, 5.74) is 5.90. The summed E-state index contributed by atoms with van der Waals surface area (Å²) in [6.07, 6.45) is 2.61. The Labute approximate surface area is 96.0 Å². The smallest absolute Gasteiger partial charge is 0.105 e. The third kappa shape index (κ3) is 2.30. The second kappa shape index (κ2) is 4.47. The highest BCUT2D eigenvalue weighted by Crippen LogP contribution is 2.08. The van der Waals surface area contributed by atoms with Gasteiger partial charge in [0.1, 0.15) is 5.76 Å². The maximum absolute atomic E-state index is 5.33. The minimum atomic E-state index is 0.343. The third-order valence-corrected chi connectivity index (χ3v) is 2.71. The van der Waals surface area contributed by atoms with Gasteiger partial charge in [-0.05, 0) is 45.0 Å². The van der Waals surface area contributed by atoms with Crippen molar-refractivity contribution in [1.29, 1.82) is 0 Å². The highest BCUT2D eigenvalue weighted by atomic mass is 16.3. The average Bonchev–Trinajstić information content (AvgIpc) is 2.83. The van der Waals surface area contributed by atoms with Crippen LogP contribution in [0.5, 0.6) is 0 Å². The summed E-state index contributed by atoms with van der Waals surface area (Å²) in [5.74, 6) is 1.02. The van der Waals surface area contributed by atoms with Crippen LogP contribution in [-0.2, 0) is 6.42 Å². The molecule has 3 heteroatoms. The number of nitrogens with one attached hydrogen (secondary N) is 1. The summed E-state index contributed by atoms with van der Waals surface area (Å²) in [4.78, 5) is 0. The Bertz CT molecular complexity index is 423. The van der Waals surface area contributed by atoms with Crippen LogP contribution in [0.1, 0.15) is 24.1 Å². The van der Waals surface area contributed by atoms with Crippen molar-refractivity contribution in [3.05, 3.63) is 47.7 Å². The van der Waals surface area contributed by atoms with Gasteiger partial charge in [-0.25, -0.2) is 0 Å². The normalized spacial score (nSPS) is 12.7. The van der Waals surface area contributed by atoms with Gasteiger partial charge in [-0.1, -0.05) is 0 Å². The Balaban J connectivity index is 2.00. The number of aryl methyl sites for hydroxylation is 2. The van der Waals surface area contributed by atoms with Gasteiger partial charge >= 0.3 is 0 Å². The van der Waals surface area contributed by atoms with Crippen LogP contribution >= 0.6 is 0 Å². The molecule has 2 rings (SSSR count). The first kappa shape index (κ1) is 10.9. The molecule has 0 aliphatic rings. The van der Waals surface area contributed by atoms with Crippen LogP contribution in [0.25, 0.3) is 0 Å². The van der Waals surface area contributed by atoms with Crippen molar-refractivity contribution in [2.24, 2.45) is 0 Å². The topological polar surface area (TPSA) is 30.1 Å². The standard InChI is InChI=1S/C13H18N2O/c1-10(9-13-5-4-8-16-13)14-15-11(2)6-7-12(15)3/h4-8,10,14H,9H2,1-3H3. The van der Waals surface area contributed by atoms with Gasteiger partial charge in [0, 0.05) is 23.9 Å². The molecule has 1 atom stereocenters.